The van der Waals surface area contributed by atoms with E-state index in [1.54, 1.807) is 18.2 Å². The highest BCUT2D eigenvalue weighted by atomic mass is 79.9. The van der Waals surface area contributed by atoms with Crippen molar-refractivity contribution in [3.8, 4) is 5.69 Å². The SMILES string of the molecule is O=S(=O)(N/N=C/c1cccn1-c1cccc(Br)c1)c1ccc2ccccc2c1. The summed E-state index contributed by atoms with van der Waals surface area (Å²) in [4.78, 5) is 2.46. The Morgan fingerprint density at radius 2 is 1.71 bits per heavy atom. The Hall–Kier alpha value is -2.90. The van der Waals surface area contributed by atoms with E-state index >= 15 is 0 Å². The van der Waals surface area contributed by atoms with E-state index in [4.69, 9.17) is 0 Å². The minimum absolute atomic E-state index is 0.172. The Kier molecular flexibility index (Phi) is 5.02. The molecule has 0 radical (unpaired) electrons. The van der Waals surface area contributed by atoms with Crippen LogP contribution >= 0.6 is 15.9 Å². The van der Waals surface area contributed by atoms with Crippen LogP contribution in [0.25, 0.3) is 16.5 Å². The second kappa shape index (κ2) is 7.61. The predicted octanol–water partition coefficient (Wildman–Crippen LogP) is 4.71. The lowest BCUT2D eigenvalue weighted by molar-refractivity contribution is 0.585. The van der Waals surface area contributed by atoms with E-state index in [0.717, 1.165) is 26.6 Å². The van der Waals surface area contributed by atoms with Crippen molar-refractivity contribution < 1.29 is 8.42 Å². The molecule has 0 atom stereocenters. The normalized spacial score (nSPS) is 11.9. The van der Waals surface area contributed by atoms with Crippen molar-refractivity contribution in [2.24, 2.45) is 5.10 Å². The molecule has 140 valence electrons. The minimum Gasteiger partial charge on any atom is -0.316 e. The van der Waals surface area contributed by atoms with Crippen LogP contribution in [0, 0.1) is 0 Å². The molecular formula is C21H16BrN3O2S. The van der Waals surface area contributed by atoms with Gasteiger partial charge in [-0.05, 0) is 53.2 Å². The van der Waals surface area contributed by atoms with E-state index in [1.807, 2.05) is 71.4 Å². The van der Waals surface area contributed by atoms with Crippen molar-refractivity contribution in [3.05, 3.63) is 95.2 Å². The third-order valence-electron chi connectivity index (χ3n) is 4.27. The van der Waals surface area contributed by atoms with E-state index in [2.05, 4.69) is 25.9 Å². The molecule has 28 heavy (non-hydrogen) atoms. The Labute approximate surface area is 171 Å². The van der Waals surface area contributed by atoms with Gasteiger partial charge in [-0.25, -0.2) is 4.83 Å². The van der Waals surface area contributed by atoms with Crippen LogP contribution in [0.15, 0.2) is 99.5 Å². The van der Waals surface area contributed by atoms with Crippen LogP contribution in [0.5, 0.6) is 0 Å². The summed E-state index contributed by atoms with van der Waals surface area (Å²) in [6.45, 7) is 0. The van der Waals surface area contributed by atoms with Gasteiger partial charge < -0.3 is 4.57 Å². The molecule has 0 saturated heterocycles. The second-order valence-electron chi connectivity index (χ2n) is 6.14. The first-order valence-corrected chi connectivity index (χ1v) is 10.8. The number of hydrogen-bond donors (Lipinski definition) is 1. The van der Waals surface area contributed by atoms with Gasteiger partial charge in [-0.1, -0.05) is 52.3 Å². The van der Waals surface area contributed by atoms with Gasteiger partial charge in [0.25, 0.3) is 10.0 Å². The summed E-state index contributed by atoms with van der Waals surface area (Å²) in [5.74, 6) is 0. The molecule has 4 rings (SSSR count). The molecule has 1 N–H and O–H groups in total. The van der Waals surface area contributed by atoms with Gasteiger partial charge in [0.15, 0.2) is 0 Å². The fraction of sp³-hybridized carbons (Fsp3) is 0. The zero-order chi connectivity index (χ0) is 19.6. The summed E-state index contributed by atoms with van der Waals surface area (Å²) in [5.41, 5.74) is 1.69. The number of hydrazone groups is 1. The zero-order valence-corrected chi connectivity index (χ0v) is 17.1. The molecule has 0 aliphatic rings. The molecule has 0 amide bonds. The number of rotatable bonds is 5. The van der Waals surface area contributed by atoms with Gasteiger partial charge in [-0.3, -0.25) is 0 Å². The van der Waals surface area contributed by atoms with E-state index in [-0.39, 0.29) is 4.90 Å². The summed E-state index contributed by atoms with van der Waals surface area (Å²) in [5, 5.41) is 5.80. The molecule has 0 aliphatic heterocycles. The van der Waals surface area contributed by atoms with Crippen molar-refractivity contribution in [2.45, 2.75) is 4.90 Å². The molecular weight excluding hydrogens is 438 g/mol. The third-order valence-corrected chi connectivity index (χ3v) is 5.98. The number of sulfonamides is 1. The largest absolute Gasteiger partial charge is 0.316 e. The van der Waals surface area contributed by atoms with Gasteiger partial charge >= 0.3 is 0 Å². The van der Waals surface area contributed by atoms with Crippen molar-refractivity contribution in [1.29, 1.82) is 0 Å². The molecule has 4 aromatic rings. The van der Waals surface area contributed by atoms with E-state index in [0.29, 0.717) is 0 Å². The maximum absolute atomic E-state index is 12.6. The number of hydrogen-bond acceptors (Lipinski definition) is 3. The van der Waals surface area contributed by atoms with Crippen LogP contribution in [-0.2, 0) is 10.0 Å². The highest BCUT2D eigenvalue weighted by Gasteiger charge is 2.13. The molecule has 0 fully saturated rings. The summed E-state index contributed by atoms with van der Waals surface area (Å²) >= 11 is 3.46. The number of fused-ring (bicyclic) bond motifs is 1. The van der Waals surface area contributed by atoms with Gasteiger partial charge in [0.1, 0.15) is 0 Å². The summed E-state index contributed by atoms with van der Waals surface area (Å²) in [6, 6.07) is 24.1. The van der Waals surface area contributed by atoms with Crippen LogP contribution in [-0.4, -0.2) is 19.2 Å². The Morgan fingerprint density at radius 3 is 2.54 bits per heavy atom. The van der Waals surface area contributed by atoms with Crippen LogP contribution in [0.4, 0.5) is 0 Å². The van der Waals surface area contributed by atoms with Crippen LogP contribution in [0.2, 0.25) is 0 Å². The average Bonchev–Trinajstić information content (AvgIpc) is 3.16. The molecule has 0 bridgehead atoms. The van der Waals surface area contributed by atoms with Gasteiger partial charge in [-0.2, -0.15) is 13.5 Å². The molecule has 0 aliphatic carbocycles. The average molecular weight is 454 g/mol. The molecule has 0 saturated carbocycles. The number of nitrogens with zero attached hydrogens (tertiary/aromatic N) is 2. The maximum Gasteiger partial charge on any atom is 0.276 e. The number of aromatic nitrogens is 1. The predicted molar refractivity (Wildman–Crippen MR) is 115 cm³/mol. The van der Waals surface area contributed by atoms with Gasteiger partial charge in [0.2, 0.25) is 0 Å². The van der Waals surface area contributed by atoms with Crippen molar-refractivity contribution in [1.82, 2.24) is 9.40 Å². The smallest absolute Gasteiger partial charge is 0.276 e. The molecule has 7 heteroatoms. The van der Waals surface area contributed by atoms with E-state index < -0.39 is 10.0 Å². The summed E-state index contributed by atoms with van der Waals surface area (Å²) in [6.07, 6.45) is 3.38. The van der Waals surface area contributed by atoms with Gasteiger partial charge in [0, 0.05) is 16.4 Å². The fourth-order valence-electron chi connectivity index (χ4n) is 2.91. The van der Waals surface area contributed by atoms with Crippen molar-refractivity contribution in [2.75, 3.05) is 0 Å². The number of benzene rings is 3. The number of halogens is 1. The molecule has 5 nitrogen and oxygen atoms in total. The monoisotopic (exact) mass is 453 g/mol. The van der Waals surface area contributed by atoms with Crippen molar-refractivity contribution >= 4 is 42.9 Å². The first-order valence-electron chi connectivity index (χ1n) is 8.50. The zero-order valence-electron chi connectivity index (χ0n) is 14.7. The van der Waals surface area contributed by atoms with E-state index in [1.165, 1.54) is 6.21 Å². The quantitative estimate of drug-likeness (QED) is 0.351. The molecule has 1 aromatic heterocycles. The maximum atomic E-state index is 12.6. The Morgan fingerprint density at radius 1 is 0.893 bits per heavy atom. The van der Waals surface area contributed by atoms with Gasteiger partial charge in [0.05, 0.1) is 16.8 Å². The number of nitrogens with one attached hydrogen (secondary N) is 1. The molecule has 0 spiro atoms. The second-order valence-corrected chi connectivity index (χ2v) is 8.72. The standard InChI is InChI=1S/C21H16BrN3O2S/c22-18-7-3-8-19(14-18)25-12-4-9-20(25)15-23-24-28(26,27)21-11-10-16-5-1-2-6-17(16)13-21/h1-15,24H/b23-15+. The Bertz CT molecular complexity index is 1280. The summed E-state index contributed by atoms with van der Waals surface area (Å²) in [7, 11) is -3.75. The van der Waals surface area contributed by atoms with Crippen LogP contribution in [0.1, 0.15) is 5.69 Å². The van der Waals surface area contributed by atoms with E-state index in [9.17, 15) is 8.42 Å². The lowest BCUT2D eigenvalue weighted by atomic mass is 10.1. The molecule has 0 unspecified atom stereocenters. The fourth-order valence-corrected chi connectivity index (χ4v) is 4.12. The minimum atomic E-state index is -3.75. The third kappa shape index (κ3) is 3.85. The van der Waals surface area contributed by atoms with Gasteiger partial charge in [-0.15, -0.1) is 0 Å². The summed E-state index contributed by atoms with van der Waals surface area (Å²) < 4.78 is 28.0. The molecule has 1 heterocycles. The van der Waals surface area contributed by atoms with Crippen molar-refractivity contribution in [3.63, 3.8) is 0 Å². The molecule has 3 aromatic carbocycles. The lowest BCUT2D eigenvalue weighted by Gasteiger charge is -2.07. The lowest BCUT2D eigenvalue weighted by Crippen LogP contribution is -2.18. The first kappa shape index (κ1) is 18.5. The van der Waals surface area contributed by atoms with Crippen LogP contribution in [0.3, 0.4) is 0 Å². The topological polar surface area (TPSA) is 63.5 Å². The first-order chi connectivity index (χ1) is 13.5. The highest BCUT2D eigenvalue weighted by molar-refractivity contribution is 9.10. The highest BCUT2D eigenvalue weighted by Crippen LogP contribution is 2.19. The Balaban J connectivity index is 1.57. The van der Waals surface area contributed by atoms with Crippen LogP contribution < -0.4 is 4.83 Å².